The molecule has 254 valence electrons. The summed E-state index contributed by atoms with van der Waals surface area (Å²) in [7, 11) is 0. The molecule has 5 heteroatoms. The Morgan fingerprint density at radius 3 is 1.56 bits per heavy atom. The summed E-state index contributed by atoms with van der Waals surface area (Å²) in [6.45, 7) is 0. The summed E-state index contributed by atoms with van der Waals surface area (Å²) in [5, 5.41) is 27.3. The Bertz CT molecular complexity index is 3420. The van der Waals surface area contributed by atoms with Gasteiger partial charge in [-0.1, -0.05) is 103 Å². The third kappa shape index (κ3) is 4.45. The van der Waals surface area contributed by atoms with Gasteiger partial charge in [0.1, 0.15) is 0 Å². The third-order valence-electron chi connectivity index (χ3n) is 11.1. The molecule has 11 rings (SSSR count). The van der Waals surface area contributed by atoms with Crippen LogP contribution in [0.2, 0.25) is 0 Å². The van der Waals surface area contributed by atoms with Crippen LogP contribution in [0.4, 0.5) is 0 Å². The highest BCUT2D eigenvalue weighted by molar-refractivity contribution is 6.15. The summed E-state index contributed by atoms with van der Waals surface area (Å²) in [4.78, 5) is 0. The maximum atomic E-state index is 10.5. The molecule has 55 heavy (non-hydrogen) atoms. The van der Waals surface area contributed by atoms with E-state index in [1.54, 1.807) is 0 Å². The van der Waals surface area contributed by atoms with E-state index >= 15 is 0 Å². The minimum absolute atomic E-state index is 0.596. The summed E-state index contributed by atoms with van der Waals surface area (Å²) in [6, 6.07) is 65.9. The van der Waals surface area contributed by atoms with Gasteiger partial charge in [0.05, 0.1) is 62.1 Å². The first-order chi connectivity index (χ1) is 27.2. The van der Waals surface area contributed by atoms with Gasteiger partial charge in [0.15, 0.2) is 0 Å². The monoisotopic (exact) mass is 699 g/mol. The fourth-order valence-electron chi connectivity index (χ4n) is 8.77. The summed E-state index contributed by atoms with van der Waals surface area (Å²) < 4.78 is 6.96. The van der Waals surface area contributed by atoms with Crippen molar-refractivity contribution in [1.29, 1.82) is 10.5 Å². The first-order valence-electron chi connectivity index (χ1n) is 18.3. The van der Waals surface area contributed by atoms with Crippen molar-refractivity contribution in [3.63, 3.8) is 0 Å². The van der Waals surface area contributed by atoms with E-state index in [0.717, 1.165) is 82.8 Å². The average Bonchev–Trinajstić information content (AvgIpc) is 3.89. The second kappa shape index (κ2) is 11.8. The van der Waals surface area contributed by atoms with E-state index in [4.69, 9.17) is 0 Å². The average molecular weight is 700 g/mol. The number of nitrogens with zero attached hydrogens (tertiary/aromatic N) is 5. The fourth-order valence-corrected chi connectivity index (χ4v) is 8.77. The molecule has 11 aromatic rings. The number of hydrogen-bond acceptors (Lipinski definition) is 2. The van der Waals surface area contributed by atoms with Crippen LogP contribution in [-0.4, -0.2) is 13.7 Å². The first kappa shape index (κ1) is 30.7. The maximum absolute atomic E-state index is 10.5. The van der Waals surface area contributed by atoms with Crippen LogP contribution in [0.3, 0.4) is 0 Å². The van der Waals surface area contributed by atoms with E-state index in [2.05, 4.69) is 159 Å². The second-order valence-corrected chi connectivity index (χ2v) is 14.0. The van der Waals surface area contributed by atoms with Crippen molar-refractivity contribution in [2.45, 2.75) is 0 Å². The maximum Gasteiger partial charge on any atom is 0.0998 e. The van der Waals surface area contributed by atoms with Gasteiger partial charge in [-0.3, -0.25) is 0 Å². The highest BCUT2D eigenvalue weighted by atomic mass is 15.1. The van der Waals surface area contributed by atoms with Crippen LogP contribution in [0.25, 0.3) is 93.6 Å². The van der Waals surface area contributed by atoms with Gasteiger partial charge in [0, 0.05) is 49.3 Å². The van der Waals surface area contributed by atoms with Crippen molar-refractivity contribution in [3.05, 3.63) is 187 Å². The zero-order valence-corrected chi connectivity index (χ0v) is 29.5. The lowest BCUT2D eigenvalue weighted by molar-refractivity contribution is 1.13. The standard InChI is InChI=1S/C50H29N5/c51-30-32-23-26-41-39-15-1-5-18-44(39)53(49(41)27-32)35-12-9-11-33(28-35)43-29-36(25-24-34(43)31-52)54-45-19-6-4-16-40(45)42-17-10-22-48(50(42)54)55-46-20-7-2-13-37(46)38-14-3-8-21-47(38)55/h1-29H. The van der Waals surface area contributed by atoms with Gasteiger partial charge in [-0.2, -0.15) is 10.5 Å². The molecule has 0 radical (unpaired) electrons. The molecule has 0 atom stereocenters. The Kier molecular flexibility index (Phi) is 6.61. The van der Waals surface area contributed by atoms with Crippen LogP contribution in [0.1, 0.15) is 11.1 Å². The SMILES string of the molecule is N#Cc1ccc2c3ccccc3n(-c3cccc(-c4cc(-n5c6ccccc6c6cccc(-n7c8ccccc8c8ccccc87)c65)ccc4C#N)c3)c2c1. The second-order valence-electron chi connectivity index (χ2n) is 14.0. The van der Waals surface area contributed by atoms with Crippen LogP contribution in [-0.2, 0) is 0 Å². The van der Waals surface area contributed by atoms with Crippen LogP contribution >= 0.6 is 0 Å². The lowest BCUT2D eigenvalue weighted by Gasteiger charge is -2.16. The predicted molar refractivity (Wildman–Crippen MR) is 224 cm³/mol. The molecular formula is C50H29N5. The number of aromatic nitrogens is 3. The molecule has 0 aliphatic carbocycles. The minimum Gasteiger partial charge on any atom is -0.309 e. The molecular weight excluding hydrogens is 671 g/mol. The number of hydrogen-bond donors (Lipinski definition) is 0. The predicted octanol–water partition coefficient (Wildman–Crippen LogP) is 12.4. The van der Waals surface area contributed by atoms with Crippen LogP contribution in [0.5, 0.6) is 0 Å². The van der Waals surface area contributed by atoms with E-state index in [-0.39, 0.29) is 0 Å². The van der Waals surface area contributed by atoms with E-state index in [9.17, 15) is 10.5 Å². The molecule has 0 saturated heterocycles. The van der Waals surface area contributed by atoms with E-state index in [1.165, 1.54) is 10.8 Å². The molecule has 0 spiro atoms. The minimum atomic E-state index is 0.596. The molecule has 3 aromatic heterocycles. The lowest BCUT2D eigenvalue weighted by atomic mass is 9.98. The largest absolute Gasteiger partial charge is 0.309 e. The molecule has 0 aliphatic heterocycles. The molecule has 0 fully saturated rings. The summed E-state index contributed by atoms with van der Waals surface area (Å²) in [5.41, 5.74) is 12.5. The zero-order chi connectivity index (χ0) is 36.6. The number of benzene rings is 8. The van der Waals surface area contributed by atoms with Gasteiger partial charge >= 0.3 is 0 Å². The highest BCUT2D eigenvalue weighted by Gasteiger charge is 2.21. The normalized spacial score (nSPS) is 11.6. The van der Waals surface area contributed by atoms with Crippen LogP contribution < -0.4 is 0 Å². The first-order valence-corrected chi connectivity index (χ1v) is 18.3. The molecule has 0 saturated carbocycles. The highest BCUT2D eigenvalue weighted by Crippen LogP contribution is 2.41. The van der Waals surface area contributed by atoms with Gasteiger partial charge in [0.2, 0.25) is 0 Å². The number of para-hydroxylation sites is 5. The Hall–Kier alpha value is -7.86. The van der Waals surface area contributed by atoms with E-state index in [0.29, 0.717) is 11.1 Å². The van der Waals surface area contributed by atoms with Gasteiger partial charge < -0.3 is 13.7 Å². The van der Waals surface area contributed by atoms with Crippen LogP contribution in [0, 0.1) is 22.7 Å². The Labute approximate surface area is 316 Å². The lowest BCUT2D eigenvalue weighted by Crippen LogP contribution is -2.01. The number of nitriles is 2. The van der Waals surface area contributed by atoms with Gasteiger partial charge in [0.25, 0.3) is 0 Å². The Morgan fingerprint density at radius 2 is 0.909 bits per heavy atom. The Morgan fingerprint density at radius 1 is 0.364 bits per heavy atom. The Balaban J connectivity index is 1.17. The zero-order valence-electron chi connectivity index (χ0n) is 29.5. The van der Waals surface area contributed by atoms with E-state index in [1.807, 2.05) is 42.5 Å². The molecule has 0 N–H and O–H groups in total. The third-order valence-corrected chi connectivity index (χ3v) is 11.1. The molecule has 0 aliphatic rings. The quantitative estimate of drug-likeness (QED) is 0.184. The van der Waals surface area contributed by atoms with Crippen molar-refractivity contribution in [2.75, 3.05) is 0 Å². The fraction of sp³-hybridized carbons (Fsp3) is 0. The number of fused-ring (bicyclic) bond motifs is 9. The molecule has 3 heterocycles. The topological polar surface area (TPSA) is 62.4 Å². The van der Waals surface area contributed by atoms with Crippen molar-refractivity contribution < 1.29 is 0 Å². The smallest absolute Gasteiger partial charge is 0.0998 e. The molecule has 0 bridgehead atoms. The molecule has 5 nitrogen and oxygen atoms in total. The van der Waals surface area contributed by atoms with Crippen molar-refractivity contribution >= 4 is 65.4 Å². The molecule has 0 amide bonds. The van der Waals surface area contributed by atoms with Gasteiger partial charge in [-0.15, -0.1) is 0 Å². The van der Waals surface area contributed by atoms with Crippen molar-refractivity contribution in [1.82, 2.24) is 13.7 Å². The van der Waals surface area contributed by atoms with Crippen LogP contribution in [0.15, 0.2) is 176 Å². The van der Waals surface area contributed by atoms with Crippen molar-refractivity contribution in [3.8, 4) is 40.3 Å². The van der Waals surface area contributed by atoms with Gasteiger partial charge in [-0.25, -0.2) is 0 Å². The summed E-state index contributed by atoms with van der Waals surface area (Å²) in [5.74, 6) is 0. The molecule has 0 unspecified atom stereocenters. The number of rotatable bonds is 4. The van der Waals surface area contributed by atoms with Gasteiger partial charge in [-0.05, 0) is 78.4 Å². The summed E-state index contributed by atoms with van der Waals surface area (Å²) >= 11 is 0. The molecule has 8 aromatic carbocycles. The summed E-state index contributed by atoms with van der Waals surface area (Å²) in [6.07, 6.45) is 0. The van der Waals surface area contributed by atoms with Crippen molar-refractivity contribution in [2.24, 2.45) is 0 Å². The van der Waals surface area contributed by atoms with E-state index < -0.39 is 0 Å².